The average molecular weight is 299 g/mol. The van der Waals surface area contributed by atoms with Gasteiger partial charge >= 0.3 is 0 Å². The van der Waals surface area contributed by atoms with E-state index in [1.165, 1.54) is 0 Å². The largest absolute Gasteiger partial charge is 0.398 e. The first-order chi connectivity index (χ1) is 11.1. The minimum absolute atomic E-state index is 0.733. The van der Waals surface area contributed by atoms with Crippen LogP contribution in [0.3, 0.4) is 0 Å². The number of nitrogens with two attached hydrogens (primary N) is 2. The third-order valence-electron chi connectivity index (χ3n) is 4.34. The summed E-state index contributed by atoms with van der Waals surface area (Å²) in [4.78, 5) is 4.92. The zero-order valence-corrected chi connectivity index (χ0v) is 12.9. The van der Waals surface area contributed by atoms with Crippen molar-refractivity contribution in [2.75, 3.05) is 11.5 Å². The van der Waals surface area contributed by atoms with E-state index in [0.717, 1.165) is 49.9 Å². The van der Waals surface area contributed by atoms with Gasteiger partial charge < -0.3 is 11.5 Å². The van der Waals surface area contributed by atoms with Crippen molar-refractivity contribution >= 4 is 33.2 Å². The van der Waals surface area contributed by atoms with Crippen LogP contribution in [0.1, 0.15) is 5.56 Å². The van der Waals surface area contributed by atoms with Crippen LogP contribution in [0.25, 0.3) is 32.9 Å². The van der Waals surface area contributed by atoms with Crippen molar-refractivity contribution in [1.29, 1.82) is 0 Å². The molecule has 0 aliphatic carbocycles. The molecule has 0 saturated heterocycles. The van der Waals surface area contributed by atoms with Crippen molar-refractivity contribution in [1.82, 2.24) is 4.98 Å². The van der Waals surface area contributed by atoms with Crippen LogP contribution < -0.4 is 11.5 Å². The summed E-state index contributed by atoms with van der Waals surface area (Å²) in [7, 11) is 0. The Morgan fingerprint density at radius 2 is 1.39 bits per heavy atom. The lowest BCUT2D eigenvalue weighted by atomic mass is 9.98. The number of benzene rings is 3. The maximum atomic E-state index is 6.27. The van der Waals surface area contributed by atoms with Crippen molar-refractivity contribution in [2.24, 2.45) is 0 Å². The molecule has 4 aromatic rings. The molecule has 0 unspecified atom stereocenters. The van der Waals surface area contributed by atoms with E-state index in [-0.39, 0.29) is 0 Å². The first kappa shape index (κ1) is 13.6. The highest BCUT2D eigenvalue weighted by Gasteiger charge is 2.12. The molecule has 1 aromatic heterocycles. The van der Waals surface area contributed by atoms with E-state index in [2.05, 4.69) is 18.2 Å². The molecular weight excluding hydrogens is 282 g/mol. The monoisotopic (exact) mass is 299 g/mol. The molecule has 0 atom stereocenters. The summed E-state index contributed by atoms with van der Waals surface area (Å²) in [6.45, 7) is 2.00. The molecule has 4 rings (SSSR count). The number of fused-ring (bicyclic) bond motifs is 2. The van der Waals surface area contributed by atoms with E-state index in [4.69, 9.17) is 16.5 Å². The number of nitrogen functional groups attached to an aromatic ring is 2. The van der Waals surface area contributed by atoms with Gasteiger partial charge in [-0.15, -0.1) is 0 Å². The smallest absolute Gasteiger partial charge is 0.0808 e. The van der Waals surface area contributed by atoms with Gasteiger partial charge in [0.2, 0.25) is 0 Å². The van der Waals surface area contributed by atoms with E-state index in [0.29, 0.717) is 0 Å². The molecule has 0 radical (unpaired) electrons. The van der Waals surface area contributed by atoms with E-state index in [9.17, 15) is 0 Å². The first-order valence-corrected chi connectivity index (χ1v) is 7.58. The van der Waals surface area contributed by atoms with Gasteiger partial charge in [0.25, 0.3) is 0 Å². The molecule has 0 aliphatic rings. The summed E-state index contributed by atoms with van der Waals surface area (Å²) in [5.74, 6) is 0. The normalized spacial score (nSPS) is 11.2. The summed E-state index contributed by atoms with van der Waals surface area (Å²) in [5.41, 5.74) is 18.7. The van der Waals surface area contributed by atoms with Gasteiger partial charge in [0, 0.05) is 27.7 Å². The van der Waals surface area contributed by atoms with Crippen molar-refractivity contribution in [3.63, 3.8) is 0 Å². The lowest BCUT2D eigenvalue weighted by Gasteiger charge is -2.12. The predicted octanol–water partition coefficient (Wildman–Crippen LogP) is 4.53. The Labute approximate surface area is 134 Å². The number of rotatable bonds is 1. The van der Waals surface area contributed by atoms with Crippen LogP contribution >= 0.6 is 0 Å². The molecule has 4 N–H and O–H groups in total. The molecule has 0 fully saturated rings. The van der Waals surface area contributed by atoms with Gasteiger partial charge in [-0.25, -0.2) is 4.98 Å². The van der Waals surface area contributed by atoms with Crippen molar-refractivity contribution in [3.8, 4) is 11.1 Å². The standard InChI is InChI=1S/C20H17N3/c1-12-16(21)9-7-14-11-15-8-10-17(22)18(20(15)23-19(12)14)13-5-3-2-4-6-13/h2-11H,21-22H2,1H3. The Bertz CT molecular complexity index is 1040. The molecule has 112 valence electrons. The van der Waals surface area contributed by atoms with Crippen LogP contribution in [0.4, 0.5) is 11.4 Å². The molecule has 0 spiro atoms. The summed E-state index contributed by atoms with van der Waals surface area (Å²) in [5, 5.41) is 2.17. The molecular formula is C20H17N3. The van der Waals surface area contributed by atoms with Crippen LogP contribution in [0.2, 0.25) is 0 Å². The van der Waals surface area contributed by atoms with Crippen LogP contribution in [0.15, 0.2) is 60.7 Å². The molecule has 23 heavy (non-hydrogen) atoms. The first-order valence-electron chi connectivity index (χ1n) is 7.58. The number of hydrogen-bond donors (Lipinski definition) is 2. The van der Waals surface area contributed by atoms with Crippen LogP contribution in [-0.4, -0.2) is 4.98 Å². The van der Waals surface area contributed by atoms with Crippen LogP contribution in [-0.2, 0) is 0 Å². The van der Waals surface area contributed by atoms with Crippen LogP contribution in [0, 0.1) is 6.92 Å². The summed E-state index contributed by atoms with van der Waals surface area (Å²) in [6, 6.07) is 20.2. The third kappa shape index (κ3) is 2.09. The number of aryl methyl sites for hydroxylation is 1. The van der Waals surface area contributed by atoms with Crippen molar-refractivity contribution in [2.45, 2.75) is 6.92 Å². The minimum atomic E-state index is 0.733. The molecule has 3 nitrogen and oxygen atoms in total. The lowest BCUT2D eigenvalue weighted by molar-refractivity contribution is 1.42. The van der Waals surface area contributed by atoms with Crippen molar-refractivity contribution < 1.29 is 0 Å². The maximum Gasteiger partial charge on any atom is 0.0808 e. The molecule has 1 heterocycles. The van der Waals surface area contributed by atoms with Gasteiger partial charge in [0.15, 0.2) is 0 Å². The highest BCUT2D eigenvalue weighted by atomic mass is 14.7. The second-order valence-electron chi connectivity index (χ2n) is 5.81. The zero-order valence-electron chi connectivity index (χ0n) is 12.9. The fourth-order valence-electron chi connectivity index (χ4n) is 3.05. The SMILES string of the molecule is Cc1c(N)ccc2cc3ccc(N)c(-c4ccccc4)c3nc12. The average Bonchev–Trinajstić information content (AvgIpc) is 2.58. The molecule has 0 bridgehead atoms. The zero-order chi connectivity index (χ0) is 16.0. The molecule has 0 amide bonds. The number of nitrogens with zero attached hydrogens (tertiary/aromatic N) is 1. The van der Waals surface area contributed by atoms with E-state index in [1.54, 1.807) is 0 Å². The fourth-order valence-corrected chi connectivity index (χ4v) is 3.05. The number of pyridine rings is 1. The Kier molecular flexibility index (Phi) is 2.95. The minimum Gasteiger partial charge on any atom is -0.398 e. The molecule has 0 aliphatic heterocycles. The van der Waals surface area contributed by atoms with Gasteiger partial charge in [-0.05, 0) is 36.2 Å². The van der Waals surface area contributed by atoms with E-state index < -0.39 is 0 Å². The second-order valence-corrected chi connectivity index (χ2v) is 5.81. The Morgan fingerprint density at radius 1 is 0.739 bits per heavy atom. The van der Waals surface area contributed by atoms with Gasteiger partial charge in [-0.1, -0.05) is 42.5 Å². The van der Waals surface area contributed by atoms with Gasteiger partial charge in [0.05, 0.1) is 11.0 Å². The molecule has 3 aromatic carbocycles. The molecule has 0 saturated carbocycles. The number of hydrogen-bond acceptors (Lipinski definition) is 3. The Balaban J connectivity index is 2.16. The van der Waals surface area contributed by atoms with Gasteiger partial charge in [-0.3, -0.25) is 0 Å². The van der Waals surface area contributed by atoms with E-state index >= 15 is 0 Å². The van der Waals surface area contributed by atoms with E-state index in [1.807, 2.05) is 49.4 Å². The van der Waals surface area contributed by atoms with Crippen molar-refractivity contribution in [3.05, 3.63) is 66.2 Å². The predicted molar refractivity (Wildman–Crippen MR) is 98.2 cm³/mol. The Morgan fingerprint density at radius 3 is 2.13 bits per heavy atom. The highest BCUT2D eigenvalue weighted by molar-refractivity contribution is 6.05. The van der Waals surface area contributed by atoms with Gasteiger partial charge in [-0.2, -0.15) is 0 Å². The summed E-state index contributed by atoms with van der Waals surface area (Å²) < 4.78 is 0. The maximum absolute atomic E-state index is 6.27. The number of aromatic nitrogens is 1. The fraction of sp³-hybridized carbons (Fsp3) is 0.0500. The highest BCUT2D eigenvalue weighted by Crippen LogP contribution is 2.35. The molecule has 3 heteroatoms. The Hall–Kier alpha value is -3.07. The lowest BCUT2D eigenvalue weighted by Crippen LogP contribution is -1.96. The summed E-state index contributed by atoms with van der Waals surface area (Å²) >= 11 is 0. The second kappa shape index (κ2) is 4.99. The topological polar surface area (TPSA) is 64.9 Å². The quantitative estimate of drug-likeness (QED) is 0.401. The summed E-state index contributed by atoms with van der Waals surface area (Å²) in [6.07, 6.45) is 0. The van der Waals surface area contributed by atoms with Crippen LogP contribution in [0.5, 0.6) is 0 Å². The number of anilines is 2. The third-order valence-corrected chi connectivity index (χ3v) is 4.34. The van der Waals surface area contributed by atoms with Gasteiger partial charge in [0.1, 0.15) is 0 Å².